The van der Waals surface area contributed by atoms with Gasteiger partial charge in [0.05, 0.1) is 33.8 Å². The molecule has 0 atom stereocenters. The number of piperazine rings is 1. The third kappa shape index (κ3) is 6.27. The fourth-order valence-corrected chi connectivity index (χ4v) is 6.33. The van der Waals surface area contributed by atoms with E-state index < -0.39 is 11.7 Å². The van der Waals surface area contributed by atoms with Crippen molar-refractivity contribution in [2.45, 2.75) is 46.7 Å². The van der Waals surface area contributed by atoms with Crippen LogP contribution in [-0.2, 0) is 19.0 Å². The number of alkyl halides is 3. The Morgan fingerprint density at radius 3 is 2.23 bits per heavy atom. The van der Waals surface area contributed by atoms with E-state index in [2.05, 4.69) is 5.32 Å². The quantitative estimate of drug-likeness (QED) is 0.237. The lowest BCUT2D eigenvalue weighted by Crippen LogP contribution is -2.47. The Bertz CT molecular complexity index is 1740. The average molecular weight is 621 g/mol. The molecular formula is C34H35F3N4O2S. The predicted molar refractivity (Wildman–Crippen MR) is 170 cm³/mol. The first-order valence-electron chi connectivity index (χ1n) is 14.7. The van der Waals surface area contributed by atoms with Crippen LogP contribution in [0.2, 0.25) is 0 Å². The molecule has 3 heterocycles. The second-order valence-electron chi connectivity index (χ2n) is 11.0. The first kappa shape index (κ1) is 31.4. The number of amides is 1. The minimum Gasteiger partial charge on any atom is -0.336 e. The van der Waals surface area contributed by atoms with Gasteiger partial charge in [0, 0.05) is 37.1 Å². The van der Waals surface area contributed by atoms with E-state index in [1.54, 1.807) is 20.9 Å². The Kier molecular flexibility index (Phi) is 9.22. The van der Waals surface area contributed by atoms with Gasteiger partial charge >= 0.3 is 6.18 Å². The Morgan fingerprint density at radius 1 is 1.02 bits per heavy atom. The lowest BCUT2D eigenvalue weighted by atomic mass is 9.99. The Morgan fingerprint density at radius 2 is 1.66 bits per heavy atom. The zero-order chi connectivity index (χ0) is 31.6. The number of nitrogens with one attached hydrogen (secondary N) is 1. The number of carbonyl (C=O) groups is 1. The molecule has 0 saturated carbocycles. The van der Waals surface area contributed by atoms with Gasteiger partial charge in [0.15, 0.2) is 0 Å². The van der Waals surface area contributed by atoms with Gasteiger partial charge < -0.3 is 10.2 Å². The van der Waals surface area contributed by atoms with Crippen LogP contribution in [0.15, 0.2) is 64.3 Å². The van der Waals surface area contributed by atoms with Crippen molar-refractivity contribution in [2.75, 3.05) is 26.2 Å². The first-order chi connectivity index (χ1) is 21.0. The van der Waals surface area contributed by atoms with Gasteiger partial charge in [-0.05, 0) is 62.1 Å². The molecule has 230 valence electrons. The number of nitrogens with zero attached hydrogens (tertiary/aromatic N) is 3. The molecule has 0 spiro atoms. The number of hydrogen-bond acceptors (Lipinski definition) is 5. The molecule has 1 fully saturated rings. The van der Waals surface area contributed by atoms with Crippen molar-refractivity contribution < 1.29 is 18.0 Å². The normalized spacial score (nSPS) is 13.7. The van der Waals surface area contributed by atoms with Crippen LogP contribution in [0.4, 0.5) is 13.2 Å². The average Bonchev–Trinajstić information content (AvgIpc) is 3.51. The van der Waals surface area contributed by atoms with Gasteiger partial charge in [-0.1, -0.05) is 49.8 Å². The fourth-order valence-electron chi connectivity index (χ4n) is 5.49. The fraction of sp³-hybridized carbons (Fsp3) is 0.324. The van der Waals surface area contributed by atoms with E-state index in [9.17, 15) is 22.8 Å². The first-order valence-corrected chi connectivity index (χ1v) is 15.6. The minimum absolute atomic E-state index is 0.166. The number of thiazole rings is 1. The molecule has 6 nitrogen and oxygen atoms in total. The van der Waals surface area contributed by atoms with Gasteiger partial charge in [-0.25, -0.2) is 4.98 Å². The molecule has 2 aromatic heterocycles. The summed E-state index contributed by atoms with van der Waals surface area (Å²) in [5.41, 5.74) is 4.78. The van der Waals surface area contributed by atoms with E-state index in [0.717, 1.165) is 34.5 Å². The van der Waals surface area contributed by atoms with E-state index >= 15 is 0 Å². The van der Waals surface area contributed by atoms with E-state index in [1.807, 2.05) is 52.0 Å². The van der Waals surface area contributed by atoms with Gasteiger partial charge in [-0.2, -0.15) is 13.2 Å². The molecule has 0 unspecified atom stereocenters. The lowest BCUT2D eigenvalue weighted by Gasteiger charge is -2.29. The number of halogens is 3. The highest BCUT2D eigenvalue weighted by Crippen LogP contribution is 2.34. The molecule has 0 radical (unpaired) electrons. The largest absolute Gasteiger partial charge is 0.416 e. The molecule has 2 aromatic carbocycles. The second kappa shape index (κ2) is 12.9. The summed E-state index contributed by atoms with van der Waals surface area (Å²) < 4.78 is 41.1. The van der Waals surface area contributed by atoms with Crippen molar-refractivity contribution in [3.63, 3.8) is 0 Å². The summed E-state index contributed by atoms with van der Waals surface area (Å²) in [6, 6.07) is 12.4. The highest BCUT2D eigenvalue weighted by molar-refractivity contribution is 7.13. The monoisotopic (exact) mass is 620 g/mol. The maximum absolute atomic E-state index is 14.6. The van der Waals surface area contributed by atoms with Crippen LogP contribution in [0.3, 0.4) is 0 Å². The highest BCUT2D eigenvalue weighted by atomic mass is 32.1. The number of carbonyl (C=O) groups excluding carboxylic acids is 1. The zero-order valence-corrected chi connectivity index (χ0v) is 26.0. The summed E-state index contributed by atoms with van der Waals surface area (Å²) in [6.07, 6.45) is -1.18. The SMILES string of the molecule is CCc1cccc(CC)c1-n1c(C=C(C)C)c(C(=O)N2CCNCC2)cc(-c2nc(-c3ccc(C(F)(F)F)cc3)cs2)c1=O. The topological polar surface area (TPSA) is 67.2 Å². The standard InChI is InChI=1S/C34H35F3N4O2S/c1-5-22-8-7-9-23(6-2)30(22)41-29(18-21(3)4)26(32(42)40-16-14-38-15-17-40)19-27(33(41)43)31-39-28(20-44-31)24-10-12-25(13-11-24)34(35,36)37/h7-13,18-20,38H,5-6,14-17H2,1-4H3. The molecule has 0 aliphatic carbocycles. The van der Waals surface area contributed by atoms with Crippen LogP contribution in [0.25, 0.3) is 33.6 Å². The summed E-state index contributed by atoms with van der Waals surface area (Å²) in [4.78, 5) is 35.3. The van der Waals surface area contributed by atoms with Gasteiger partial charge in [0.25, 0.3) is 11.5 Å². The summed E-state index contributed by atoms with van der Waals surface area (Å²) >= 11 is 1.22. The molecule has 1 N–H and O–H groups in total. The van der Waals surface area contributed by atoms with E-state index in [0.29, 0.717) is 66.5 Å². The van der Waals surface area contributed by atoms with Crippen molar-refractivity contribution in [2.24, 2.45) is 0 Å². The van der Waals surface area contributed by atoms with Crippen LogP contribution in [0.1, 0.15) is 60.4 Å². The highest BCUT2D eigenvalue weighted by Gasteiger charge is 2.30. The maximum atomic E-state index is 14.6. The Balaban J connectivity index is 1.77. The Labute approximate surface area is 258 Å². The maximum Gasteiger partial charge on any atom is 0.416 e. The number of hydrogen-bond donors (Lipinski definition) is 1. The summed E-state index contributed by atoms with van der Waals surface area (Å²) in [7, 11) is 0. The number of allylic oxidation sites excluding steroid dienone is 1. The molecule has 44 heavy (non-hydrogen) atoms. The third-order valence-electron chi connectivity index (χ3n) is 7.73. The number of para-hydroxylation sites is 1. The number of aryl methyl sites for hydroxylation is 2. The molecule has 1 aliphatic rings. The molecule has 1 amide bonds. The molecule has 4 aromatic rings. The lowest BCUT2D eigenvalue weighted by molar-refractivity contribution is -0.137. The third-order valence-corrected chi connectivity index (χ3v) is 8.61. The van der Waals surface area contributed by atoms with Crippen molar-refractivity contribution in [1.82, 2.24) is 19.8 Å². The van der Waals surface area contributed by atoms with Gasteiger partial charge in [0.1, 0.15) is 5.01 Å². The van der Waals surface area contributed by atoms with E-state index in [1.165, 1.54) is 23.5 Å². The second-order valence-corrected chi connectivity index (χ2v) is 11.9. The summed E-state index contributed by atoms with van der Waals surface area (Å²) in [5.74, 6) is -0.166. The van der Waals surface area contributed by atoms with E-state index in [-0.39, 0.29) is 17.0 Å². The minimum atomic E-state index is -4.44. The van der Waals surface area contributed by atoms with Crippen LogP contribution < -0.4 is 10.9 Å². The number of pyridine rings is 1. The number of benzene rings is 2. The number of aromatic nitrogens is 2. The molecule has 1 aliphatic heterocycles. The van der Waals surface area contributed by atoms with Gasteiger partial charge in [-0.15, -0.1) is 11.3 Å². The smallest absolute Gasteiger partial charge is 0.336 e. The van der Waals surface area contributed by atoms with Crippen LogP contribution in [-0.4, -0.2) is 46.5 Å². The van der Waals surface area contributed by atoms with Crippen LogP contribution >= 0.6 is 11.3 Å². The van der Waals surface area contributed by atoms with Crippen molar-refractivity contribution in [1.29, 1.82) is 0 Å². The van der Waals surface area contributed by atoms with Crippen molar-refractivity contribution >= 4 is 23.3 Å². The molecular weight excluding hydrogens is 585 g/mol. The van der Waals surface area contributed by atoms with E-state index in [4.69, 9.17) is 4.98 Å². The van der Waals surface area contributed by atoms with Gasteiger partial charge in [0.2, 0.25) is 0 Å². The van der Waals surface area contributed by atoms with Crippen LogP contribution in [0.5, 0.6) is 0 Å². The van der Waals surface area contributed by atoms with Crippen molar-refractivity contribution in [3.8, 4) is 27.5 Å². The summed E-state index contributed by atoms with van der Waals surface area (Å²) in [5, 5.41) is 5.40. The zero-order valence-electron chi connectivity index (χ0n) is 25.2. The Hall–Kier alpha value is -4.02. The number of rotatable bonds is 7. The molecule has 5 rings (SSSR count). The molecule has 0 bridgehead atoms. The predicted octanol–water partition coefficient (Wildman–Crippen LogP) is 7.24. The summed E-state index contributed by atoms with van der Waals surface area (Å²) in [6.45, 7) is 10.4. The molecule has 10 heteroatoms. The van der Waals surface area contributed by atoms with Crippen LogP contribution in [0, 0.1) is 0 Å². The van der Waals surface area contributed by atoms with Crippen molar-refractivity contribution in [3.05, 3.63) is 97.8 Å². The van der Waals surface area contributed by atoms with Gasteiger partial charge in [-0.3, -0.25) is 14.2 Å². The molecule has 1 saturated heterocycles.